The van der Waals surface area contributed by atoms with Crippen molar-refractivity contribution in [3.8, 4) is 5.75 Å². The first-order valence-corrected chi connectivity index (χ1v) is 13.9. The van der Waals surface area contributed by atoms with E-state index in [1.165, 1.54) is 24.3 Å². The molecule has 0 fully saturated rings. The Morgan fingerprint density at radius 2 is 1.80 bits per heavy atom. The SMILES string of the molecule is C[C@@H]1CN([C@@H](C)CO)C(=O)c2cc(NC(=O)Nc3ccc(F)cc3)ccc2O[C@@H](C)CCCCO[C@@H]1CN(C)C. The number of halogens is 1. The van der Waals surface area contributed by atoms with E-state index in [-0.39, 0.29) is 30.6 Å². The number of aliphatic hydroxyl groups excluding tert-OH is 1. The van der Waals surface area contributed by atoms with Crippen molar-refractivity contribution >= 4 is 23.3 Å². The number of likely N-dealkylation sites (N-methyl/N-ethyl adjacent to an activating group) is 1. The van der Waals surface area contributed by atoms with E-state index in [0.717, 1.165) is 19.3 Å². The third-order valence-corrected chi connectivity index (χ3v) is 6.96. The Morgan fingerprint density at radius 3 is 2.48 bits per heavy atom. The Morgan fingerprint density at radius 1 is 1.12 bits per heavy atom. The molecule has 1 aliphatic rings. The molecule has 1 aliphatic heterocycles. The molecular formula is C30H43FN4O5. The maximum atomic E-state index is 14.1. The summed E-state index contributed by atoms with van der Waals surface area (Å²) in [7, 11) is 3.99. The number of urea groups is 1. The first-order chi connectivity index (χ1) is 19.1. The first kappa shape index (κ1) is 31.3. The highest BCUT2D eigenvalue weighted by molar-refractivity contribution is 6.02. The Labute approximate surface area is 236 Å². The molecule has 2 aromatic carbocycles. The minimum absolute atomic E-state index is 0.00521. The molecule has 40 heavy (non-hydrogen) atoms. The van der Waals surface area contributed by atoms with Gasteiger partial charge in [-0.2, -0.15) is 0 Å². The number of rotatable bonds is 6. The van der Waals surface area contributed by atoms with Crippen molar-refractivity contribution in [2.24, 2.45) is 5.92 Å². The van der Waals surface area contributed by atoms with Crippen molar-refractivity contribution < 1.29 is 28.6 Å². The smallest absolute Gasteiger partial charge is 0.323 e. The zero-order chi connectivity index (χ0) is 29.2. The molecule has 220 valence electrons. The number of hydrogen-bond donors (Lipinski definition) is 3. The van der Waals surface area contributed by atoms with Gasteiger partial charge in [-0.15, -0.1) is 0 Å². The lowest BCUT2D eigenvalue weighted by Gasteiger charge is -2.35. The number of amides is 3. The molecular weight excluding hydrogens is 515 g/mol. The van der Waals surface area contributed by atoms with Crippen molar-refractivity contribution in [1.29, 1.82) is 0 Å². The summed E-state index contributed by atoms with van der Waals surface area (Å²) in [6, 6.07) is 9.39. The van der Waals surface area contributed by atoms with E-state index in [9.17, 15) is 19.1 Å². The number of anilines is 2. The number of fused-ring (bicyclic) bond motifs is 1. The summed E-state index contributed by atoms with van der Waals surface area (Å²) in [5, 5.41) is 15.4. The van der Waals surface area contributed by atoms with Gasteiger partial charge in [0.1, 0.15) is 11.6 Å². The molecule has 0 bridgehead atoms. The summed E-state index contributed by atoms with van der Waals surface area (Å²) in [4.78, 5) is 30.4. The number of ether oxygens (including phenoxy) is 2. The molecule has 3 rings (SSSR count). The van der Waals surface area contributed by atoms with Crippen LogP contribution in [0.4, 0.5) is 20.6 Å². The highest BCUT2D eigenvalue weighted by Crippen LogP contribution is 2.28. The summed E-state index contributed by atoms with van der Waals surface area (Å²) < 4.78 is 25.7. The second-order valence-corrected chi connectivity index (χ2v) is 10.9. The molecule has 0 saturated heterocycles. The Kier molecular flexibility index (Phi) is 11.7. The maximum Gasteiger partial charge on any atom is 0.323 e. The molecule has 0 aliphatic carbocycles. The second kappa shape index (κ2) is 15.0. The summed E-state index contributed by atoms with van der Waals surface area (Å²) in [5.41, 5.74) is 1.11. The van der Waals surface area contributed by atoms with Gasteiger partial charge in [-0.1, -0.05) is 6.92 Å². The number of carbonyl (C=O) groups is 2. The highest BCUT2D eigenvalue weighted by atomic mass is 19.1. The van der Waals surface area contributed by atoms with E-state index in [1.807, 2.05) is 21.0 Å². The minimum Gasteiger partial charge on any atom is -0.490 e. The lowest BCUT2D eigenvalue weighted by Crippen LogP contribution is -2.47. The summed E-state index contributed by atoms with van der Waals surface area (Å²) in [6.07, 6.45) is 2.39. The monoisotopic (exact) mass is 558 g/mol. The van der Waals surface area contributed by atoms with Crippen LogP contribution in [0.2, 0.25) is 0 Å². The molecule has 0 saturated carbocycles. The van der Waals surface area contributed by atoms with Crippen LogP contribution in [0.25, 0.3) is 0 Å². The molecule has 2 aromatic rings. The molecule has 3 N–H and O–H groups in total. The van der Waals surface area contributed by atoms with Crippen LogP contribution in [0.3, 0.4) is 0 Å². The minimum atomic E-state index is -0.535. The topological polar surface area (TPSA) is 103 Å². The van der Waals surface area contributed by atoms with Crippen LogP contribution in [0.15, 0.2) is 42.5 Å². The van der Waals surface area contributed by atoms with E-state index in [0.29, 0.717) is 42.4 Å². The average Bonchev–Trinajstić information content (AvgIpc) is 2.91. The van der Waals surface area contributed by atoms with Gasteiger partial charge in [0.2, 0.25) is 0 Å². The second-order valence-electron chi connectivity index (χ2n) is 10.9. The van der Waals surface area contributed by atoms with Gasteiger partial charge >= 0.3 is 6.03 Å². The van der Waals surface area contributed by atoms with Crippen molar-refractivity contribution in [2.75, 3.05) is 51.0 Å². The van der Waals surface area contributed by atoms with Crippen LogP contribution in [0, 0.1) is 11.7 Å². The largest absolute Gasteiger partial charge is 0.490 e. The maximum absolute atomic E-state index is 14.1. The van der Waals surface area contributed by atoms with Gasteiger partial charge in [0.05, 0.1) is 30.4 Å². The summed E-state index contributed by atoms with van der Waals surface area (Å²) >= 11 is 0. The molecule has 1 heterocycles. The number of hydrogen-bond acceptors (Lipinski definition) is 6. The predicted molar refractivity (Wildman–Crippen MR) is 154 cm³/mol. The standard InChI is InChI=1S/C30H43FN4O5/c1-20-17-35(21(2)19-36)29(37)26-16-25(33-30(38)32-24-11-9-23(31)10-12-24)13-14-27(26)40-22(3)8-6-7-15-39-28(20)18-34(4)5/h9-14,16,20-22,28,36H,6-8,15,17-19H2,1-5H3,(H2,32,33,38)/t20-,21+,22+,28-/m1/s1. The van der Waals surface area contributed by atoms with Gasteiger partial charge in [-0.25, -0.2) is 9.18 Å². The lowest BCUT2D eigenvalue weighted by atomic mass is 10.0. The Bertz CT molecular complexity index is 1110. The highest BCUT2D eigenvalue weighted by Gasteiger charge is 2.30. The average molecular weight is 559 g/mol. The van der Waals surface area contributed by atoms with Crippen LogP contribution < -0.4 is 15.4 Å². The Balaban J connectivity index is 1.92. The van der Waals surface area contributed by atoms with Gasteiger partial charge in [0.15, 0.2) is 0 Å². The van der Waals surface area contributed by atoms with E-state index in [2.05, 4.69) is 22.5 Å². The fourth-order valence-electron chi connectivity index (χ4n) is 4.65. The summed E-state index contributed by atoms with van der Waals surface area (Å²) in [5.74, 6) is -0.295. The third-order valence-electron chi connectivity index (χ3n) is 6.96. The first-order valence-electron chi connectivity index (χ1n) is 13.9. The zero-order valence-electron chi connectivity index (χ0n) is 24.2. The zero-order valence-corrected chi connectivity index (χ0v) is 24.2. The van der Waals surface area contributed by atoms with E-state index in [1.54, 1.807) is 30.0 Å². The van der Waals surface area contributed by atoms with Crippen molar-refractivity contribution in [3.63, 3.8) is 0 Å². The molecule has 0 unspecified atom stereocenters. The van der Waals surface area contributed by atoms with Gasteiger partial charge in [-0.3, -0.25) is 4.79 Å². The molecule has 0 aromatic heterocycles. The normalized spacial score (nSPS) is 21.6. The molecule has 4 atom stereocenters. The molecule has 0 spiro atoms. The lowest BCUT2D eigenvalue weighted by molar-refractivity contribution is -0.0137. The molecule has 9 nitrogen and oxygen atoms in total. The van der Waals surface area contributed by atoms with Crippen LogP contribution >= 0.6 is 0 Å². The fraction of sp³-hybridized carbons (Fsp3) is 0.533. The van der Waals surface area contributed by atoms with Crippen LogP contribution in [-0.2, 0) is 4.74 Å². The van der Waals surface area contributed by atoms with Crippen LogP contribution in [0.5, 0.6) is 5.75 Å². The molecule has 3 amide bonds. The summed E-state index contributed by atoms with van der Waals surface area (Å²) in [6.45, 7) is 7.33. The van der Waals surface area contributed by atoms with Gasteiger partial charge in [-0.05, 0) is 89.7 Å². The van der Waals surface area contributed by atoms with Crippen molar-refractivity contribution in [3.05, 3.63) is 53.8 Å². The number of nitrogens with one attached hydrogen (secondary N) is 2. The third kappa shape index (κ3) is 9.18. The van der Waals surface area contributed by atoms with Crippen LogP contribution in [-0.4, -0.2) is 85.5 Å². The van der Waals surface area contributed by atoms with Gasteiger partial charge in [0, 0.05) is 37.0 Å². The predicted octanol–water partition coefficient (Wildman–Crippen LogP) is 4.83. The number of nitrogens with zero attached hydrogens (tertiary/aromatic N) is 2. The van der Waals surface area contributed by atoms with Crippen molar-refractivity contribution in [2.45, 2.75) is 58.3 Å². The number of carbonyl (C=O) groups excluding carboxylic acids is 2. The van der Waals surface area contributed by atoms with Crippen molar-refractivity contribution in [1.82, 2.24) is 9.80 Å². The number of aliphatic hydroxyl groups is 1. The fourth-order valence-corrected chi connectivity index (χ4v) is 4.65. The van der Waals surface area contributed by atoms with E-state index >= 15 is 0 Å². The van der Waals surface area contributed by atoms with Gasteiger partial charge < -0.3 is 35.0 Å². The van der Waals surface area contributed by atoms with E-state index < -0.39 is 17.9 Å². The quantitative estimate of drug-likeness (QED) is 0.470. The van der Waals surface area contributed by atoms with Crippen LogP contribution in [0.1, 0.15) is 50.4 Å². The van der Waals surface area contributed by atoms with Gasteiger partial charge in [0.25, 0.3) is 5.91 Å². The number of benzene rings is 2. The molecule has 0 radical (unpaired) electrons. The molecule has 10 heteroatoms. The Hall–Kier alpha value is -3.21. The van der Waals surface area contributed by atoms with E-state index in [4.69, 9.17) is 9.47 Å².